The van der Waals surface area contributed by atoms with Crippen molar-refractivity contribution < 1.29 is 0 Å². The molecule has 11 rings (SSSR count). The molecule has 1 aliphatic carbocycles. The number of thiophene rings is 1. The zero-order valence-corrected chi connectivity index (χ0v) is 37.8. The maximum absolute atomic E-state index is 2.52. The van der Waals surface area contributed by atoms with Gasteiger partial charge >= 0.3 is 0 Å². The van der Waals surface area contributed by atoms with Crippen LogP contribution < -0.4 is 4.90 Å². The molecule has 0 bridgehead atoms. The second kappa shape index (κ2) is 13.8. The van der Waals surface area contributed by atoms with Crippen LogP contribution >= 0.6 is 11.3 Å². The number of nitrogens with zero attached hydrogens (tertiary/aromatic N) is 2. The van der Waals surface area contributed by atoms with E-state index in [4.69, 9.17) is 0 Å². The summed E-state index contributed by atoms with van der Waals surface area (Å²) in [6.45, 7) is 19.0. The molecule has 10 aromatic rings. The summed E-state index contributed by atoms with van der Waals surface area (Å²) in [4.78, 5) is 2.50. The van der Waals surface area contributed by atoms with Crippen molar-refractivity contribution in [3.8, 4) is 27.9 Å². The van der Waals surface area contributed by atoms with Gasteiger partial charge in [-0.3, -0.25) is 0 Å². The Bertz CT molecular complexity index is 3360. The largest absolute Gasteiger partial charge is 0.310 e. The van der Waals surface area contributed by atoms with Gasteiger partial charge in [0.1, 0.15) is 0 Å². The molecular formula is C59H52N2S. The number of hydrogen-bond acceptors (Lipinski definition) is 2. The minimum absolute atomic E-state index is 0.0269. The first-order valence-electron chi connectivity index (χ1n) is 22.0. The van der Waals surface area contributed by atoms with Crippen LogP contribution in [0.1, 0.15) is 77.6 Å². The van der Waals surface area contributed by atoms with Crippen LogP contribution in [0.15, 0.2) is 170 Å². The summed E-state index contributed by atoms with van der Waals surface area (Å²) in [7, 11) is 0. The molecule has 304 valence electrons. The molecule has 0 fully saturated rings. The summed E-state index contributed by atoms with van der Waals surface area (Å²) in [6.07, 6.45) is 0. The van der Waals surface area contributed by atoms with Gasteiger partial charge < -0.3 is 9.47 Å². The number of anilines is 3. The number of rotatable bonds is 5. The molecule has 0 spiro atoms. The van der Waals surface area contributed by atoms with Gasteiger partial charge in [0.2, 0.25) is 0 Å². The van der Waals surface area contributed by atoms with Gasteiger partial charge in [0.15, 0.2) is 0 Å². The van der Waals surface area contributed by atoms with Gasteiger partial charge in [-0.15, -0.1) is 11.3 Å². The molecule has 3 heteroatoms. The molecule has 0 saturated heterocycles. The smallest absolute Gasteiger partial charge is 0.0541 e. The molecule has 2 aromatic heterocycles. The van der Waals surface area contributed by atoms with Gasteiger partial charge in [0.05, 0.1) is 16.7 Å². The zero-order valence-electron chi connectivity index (χ0n) is 37.0. The summed E-state index contributed by atoms with van der Waals surface area (Å²) in [5, 5.41) is 5.13. The van der Waals surface area contributed by atoms with Gasteiger partial charge in [0.25, 0.3) is 0 Å². The van der Waals surface area contributed by atoms with Crippen molar-refractivity contribution in [3.63, 3.8) is 0 Å². The number of hydrogen-bond donors (Lipinski definition) is 0. The minimum Gasteiger partial charge on any atom is -0.310 e. The molecule has 1 aliphatic rings. The quantitative estimate of drug-likeness (QED) is 0.168. The van der Waals surface area contributed by atoms with Crippen molar-refractivity contribution in [3.05, 3.63) is 192 Å². The number of para-hydroxylation sites is 3. The highest BCUT2D eigenvalue weighted by Crippen LogP contribution is 2.57. The normalized spacial score (nSPS) is 13.6. The molecule has 0 aliphatic heterocycles. The summed E-state index contributed by atoms with van der Waals surface area (Å²) in [5.74, 6) is 0. The van der Waals surface area contributed by atoms with E-state index in [-0.39, 0.29) is 16.2 Å². The SMILES string of the molecule is CC(C)(C)c1cc(C(C)(C)C)c2c(c1)C(C)(C)c1cccc(-c3ccccc3N(c3cccc(-n4c5ccccc5c5ccccc54)c3)c3ccc4c(c3)sc3ccccc34)c1-2. The van der Waals surface area contributed by atoms with Crippen molar-refractivity contribution >= 4 is 70.4 Å². The van der Waals surface area contributed by atoms with Crippen molar-refractivity contribution in [2.45, 2.75) is 71.6 Å². The molecule has 2 nitrogen and oxygen atoms in total. The fourth-order valence-corrected chi connectivity index (χ4v) is 11.4. The van der Waals surface area contributed by atoms with E-state index in [0.717, 1.165) is 22.7 Å². The Morgan fingerprint density at radius 1 is 0.468 bits per heavy atom. The highest BCUT2D eigenvalue weighted by molar-refractivity contribution is 7.25. The van der Waals surface area contributed by atoms with Crippen LogP contribution in [0.2, 0.25) is 0 Å². The Kier molecular flexibility index (Phi) is 8.57. The van der Waals surface area contributed by atoms with E-state index in [1.54, 1.807) is 0 Å². The van der Waals surface area contributed by atoms with Crippen molar-refractivity contribution in [2.24, 2.45) is 0 Å². The zero-order chi connectivity index (χ0) is 42.7. The lowest BCUT2D eigenvalue weighted by atomic mass is 9.74. The second-order valence-electron chi connectivity index (χ2n) is 19.8. The molecule has 0 atom stereocenters. The van der Waals surface area contributed by atoms with Crippen molar-refractivity contribution in [2.75, 3.05) is 4.90 Å². The fourth-order valence-electron chi connectivity index (χ4n) is 10.3. The third-order valence-corrected chi connectivity index (χ3v) is 14.6. The Morgan fingerprint density at radius 2 is 1.08 bits per heavy atom. The van der Waals surface area contributed by atoms with Gasteiger partial charge in [-0.05, 0) is 104 Å². The highest BCUT2D eigenvalue weighted by atomic mass is 32.1. The summed E-state index contributed by atoms with van der Waals surface area (Å²) >= 11 is 1.87. The molecule has 0 saturated carbocycles. The second-order valence-corrected chi connectivity index (χ2v) is 20.9. The first kappa shape index (κ1) is 38.5. The van der Waals surface area contributed by atoms with Crippen LogP contribution in [0, 0.1) is 0 Å². The fraction of sp³-hybridized carbons (Fsp3) is 0.186. The van der Waals surface area contributed by atoms with Gasteiger partial charge in [-0.2, -0.15) is 0 Å². The van der Waals surface area contributed by atoms with Crippen LogP contribution in [-0.4, -0.2) is 4.57 Å². The van der Waals surface area contributed by atoms with E-state index >= 15 is 0 Å². The Morgan fingerprint density at radius 3 is 1.81 bits per heavy atom. The average Bonchev–Trinajstić information content (AvgIpc) is 3.88. The van der Waals surface area contributed by atoms with E-state index in [1.165, 1.54) is 86.5 Å². The molecule has 62 heavy (non-hydrogen) atoms. The monoisotopic (exact) mass is 820 g/mol. The van der Waals surface area contributed by atoms with E-state index in [1.807, 2.05) is 11.3 Å². The van der Waals surface area contributed by atoms with Crippen LogP contribution in [-0.2, 0) is 16.2 Å². The summed E-state index contributed by atoms with van der Waals surface area (Å²) in [5.41, 5.74) is 17.6. The van der Waals surface area contributed by atoms with E-state index in [2.05, 4.69) is 235 Å². The lowest BCUT2D eigenvalue weighted by Gasteiger charge is -2.31. The van der Waals surface area contributed by atoms with Crippen LogP contribution in [0.3, 0.4) is 0 Å². The van der Waals surface area contributed by atoms with E-state index in [9.17, 15) is 0 Å². The Balaban J connectivity index is 1.18. The van der Waals surface area contributed by atoms with Crippen molar-refractivity contribution in [1.82, 2.24) is 4.57 Å². The maximum atomic E-state index is 2.52. The topological polar surface area (TPSA) is 8.17 Å². The molecule has 8 aromatic carbocycles. The number of aromatic nitrogens is 1. The Labute approximate surface area is 369 Å². The lowest BCUT2D eigenvalue weighted by molar-refractivity contribution is 0.564. The average molecular weight is 821 g/mol. The summed E-state index contributed by atoms with van der Waals surface area (Å²) in [6, 6.07) is 63.7. The van der Waals surface area contributed by atoms with Crippen molar-refractivity contribution in [1.29, 1.82) is 0 Å². The lowest BCUT2D eigenvalue weighted by Crippen LogP contribution is -2.21. The third-order valence-electron chi connectivity index (χ3n) is 13.5. The van der Waals surface area contributed by atoms with E-state index in [0.29, 0.717) is 0 Å². The third kappa shape index (κ3) is 5.89. The minimum atomic E-state index is -0.167. The summed E-state index contributed by atoms with van der Waals surface area (Å²) < 4.78 is 5.02. The number of fused-ring (bicyclic) bond motifs is 9. The molecule has 2 heterocycles. The van der Waals surface area contributed by atoms with Crippen LogP contribution in [0.25, 0.3) is 69.9 Å². The Hall–Kier alpha value is -6.42. The molecule has 0 N–H and O–H groups in total. The van der Waals surface area contributed by atoms with Crippen LogP contribution in [0.5, 0.6) is 0 Å². The predicted molar refractivity (Wildman–Crippen MR) is 269 cm³/mol. The molecule has 0 unspecified atom stereocenters. The van der Waals surface area contributed by atoms with Gasteiger partial charge in [-0.25, -0.2) is 0 Å². The highest BCUT2D eigenvalue weighted by Gasteiger charge is 2.41. The first-order chi connectivity index (χ1) is 29.8. The first-order valence-corrected chi connectivity index (χ1v) is 22.8. The molecule has 0 radical (unpaired) electrons. The maximum Gasteiger partial charge on any atom is 0.0541 e. The molecule has 0 amide bonds. The van der Waals surface area contributed by atoms with E-state index < -0.39 is 0 Å². The van der Waals surface area contributed by atoms with Gasteiger partial charge in [-0.1, -0.05) is 171 Å². The number of benzene rings is 8. The standard InChI is InChI=1S/C59H52N2S/c1-57(2,3)37-33-48(58(4,5)6)56-49(34-37)59(7,8)47-26-18-25-46(55(47)56)43-23-11-13-27-50(43)60(40-31-32-45-44-24-12-16-30-53(44)62-54(45)36-40)38-19-17-20-39(35-38)61-51-28-14-9-21-41(51)42-22-10-15-29-52(42)61/h9-36H,1-8H3. The predicted octanol–water partition coefficient (Wildman–Crippen LogP) is 17.2. The molecular weight excluding hydrogens is 769 g/mol. The van der Waals surface area contributed by atoms with Crippen LogP contribution in [0.4, 0.5) is 17.1 Å². The van der Waals surface area contributed by atoms with Gasteiger partial charge in [0, 0.05) is 59.0 Å².